The average Bonchev–Trinajstić information content (AvgIpc) is 2.52. The van der Waals surface area contributed by atoms with Crippen molar-refractivity contribution in [2.75, 3.05) is 7.11 Å². The fourth-order valence-electron chi connectivity index (χ4n) is 0.950. The molecule has 0 fully saturated rings. The highest BCUT2D eigenvalue weighted by atomic mass is 16.5. The zero-order valence-electron chi connectivity index (χ0n) is 7.37. The van der Waals surface area contributed by atoms with Crippen molar-refractivity contribution in [3.8, 4) is 0 Å². The molecule has 0 saturated carbocycles. The Morgan fingerprint density at radius 1 is 1.75 bits per heavy atom. The third-order valence-electron chi connectivity index (χ3n) is 1.55. The van der Waals surface area contributed by atoms with Crippen LogP contribution in [0.15, 0.2) is 12.4 Å². The molecule has 0 bridgehead atoms. The number of hydrogen-bond donors (Lipinski definition) is 1. The van der Waals surface area contributed by atoms with E-state index in [0.29, 0.717) is 0 Å². The number of aryl methyl sites for hydroxylation is 1. The first-order valence-electron chi connectivity index (χ1n) is 3.93. The lowest BCUT2D eigenvalue weighted by Gasteiger charge is -1.96. The van der Waals surface area contributed by atoms with Gasteiger partial charge >= 0.3 is 0 Å². The SMILES string of the molecule is CCCn1cc(C(=N)OC)cn1. The molecule has 0 amide bonds. The van der Waals surface area contributed by atoms with Gasteiger partial charge in [0, 0.05) is 12.7 Å². The summed E-state index contributed by atoms with van der Waals surface area (Å²) in [6.45, 7) is 2.97. The summed E-state index contributed by atoms with van der Waals surface area (Å²) in [6, 6.07) is 0. The molecule has 0 aliphatic rings. The van der Waals surface area contributed by atoms with Crippen molar-refractivity contribution in [2.45, 2.75) is 19.9 Å². The second kappa shape index (κ2) is 3.90. The zero-order chi connectivity index (χ0) is 8.97. The average molecular weight is 167 g/mol. The van der Waals surface area contributed by atoms with E-state index in [2.05, 4.69) is 12.0 Å². The van der Waals surface area contributed by atoms with Crippen molar-refractivity contribution < 1.29 is 4.74 Å². The molecule has 0 spiro atoms. The van der Waals surface area contributed by atoms with Crippen LogP contribution in [0.2, 0.25) is 0 Å². The lowest BCUT2D eigenvalue weighted by molar-refractivity contribution is 0.401. The Hall–Kier alpha value is -1.32. The summed E-state index contributed by atoms with van der Waals surface area (Å²) in [6.07, 6.45) is 4.50. The lowest BCUT2D eigenvalue weighted by atomic mass is 10.4. The Labute approximate surface area is 71.7 Å². The van der Waals surface area contributed by atoms with Gasteiger partial charge in [-0.25, -0.2) is 0 Å². The van der Waals surface area contributed by atoms with Crippen molar-refractivity contribution >= 4 is 5.90 Å². The first-order chi connectivity index (χ1) is 5.77. The number of nitrogens with one attached hydrogen (secondary N) is 1. The van der Waals surface area contributed by atoms with Gasteiger partial charge < -0.3 is 4.74 Å². The molecule has 1 aromatic heterocycles. The second-order valence-electron chi connectivity index (χ2n) is 2.53. The summed E-state index contributed by atoms with van der Waals surface area (Å²) >= 11 is 0. The van der Waals surface area contributed by atoms with Crippen LogP contribution in [0.4, 0.5) is 0 Å². The van der Waals surface area contributed by atoms with E-state index in [0.717, 1.165) is 18.5 Å². The molecule has 1 aromatic rings. The van der Waals surface area contributed by atoms with Crippen LogP contribution >= 0.6 is 0 Å². The van der Waals surface area contributed by atoms with Gasteiger partial charge in [-0.2, -0.15) is 5.10 Å². The molecule has 4 nitrogen and oxygen atoms in total. The molecule has 1 N–H and O–H groups in total. The van der Waals surface area contributed by atoms with Gasteiger partial charge in [0.15, 0.2) is 0 Å². The van der Waals surface area contributed by atoms with Crippen LogP contribution in [0.1, 0.15) is 18.9 Å². The standard InChI is InChI=1S/C8H13N3O/c1-3-4-11-6-7(5-10-11)8(9)12-2/h5-6,9H,3-4H2,1-2H3. The molecule has 0 aliphatic carbocycles. The van der Waals surface area contributed by atoms with Gasteiger partial charge in [-0.15, -0.1) is 0 Å². The summed E-state index contributed by atoms with van der Waals surface area (Å²) in [5, 5.41) is 11.4. The molecular formula is C8H13N3O. The van der Waals surface area contributed by atoms with Crippen LogP contribution in [-0.2, 0) is 11.3 Å². The van der Waals surface area contributed by atoms with Gasteiger partial charge in [0.2, 0.25) is 5.90 Å². The molecule has 0 aliphatic heterocycles. The van der Waals surface area contributed by atoms with Gasteiger partial charge in [-0.05, 0) is 6.42 Å². The van der Waals surface area contributed by atoms with Gasteiger partial charge in [0.1, 0.15) is 0 Å². The summed E-state index contributed by atoms with van der Waals surface area (Å²) < 4.78 is 6.57. The number of aromatic nitrogens is 2. The Morgan fingerprint density at radius 3 is 3.08 bits per heavy atom. The van der Waals surface area contributed by atoms with E-state index in [9.17, 15) is 0 Å². The first-order valence-corrected chi connectivity index (χ1v) is 3.93. The summed E-state index contributed by atoms with van der Waals surface area (Å²) in [5.74, 6) is 0.164. The fourth-order valence-corrected chi connectivity index (χ4v) is 0.950. The third-order valence-corrected chi connectivity index (χ3v) is 1.55. The second-order valence-corrected chi connectivity index (χ2v) is 2.53. The minimum atomic E-state index is 0.164. The molecule has 66 valence electrons. The number of rotatable bonds is 3. The first kappa shape index (κ1) is 8.77. The van der Waals surface area contributed by atoms with Crippen molar-refractivity contribution in [2.24, 2.45) is 0 Å². The third kappa shape index (κ3) is 1.84. The molecule has 0 aromatic carbocycles. The van der Waals surface area contributed by atoms with Crippen molar-refractivity contribution in [1.29, 1.82) is 5.41 Å². The maximum atomic E-state index is 7.35. The maximum absolute atomic E-state index is 7.35. The molecule has 1 heterocycles. The van der Waals surface area contributed by atoms with E-state index in [-0.39, 0.29) is 5.90 Å². The largest absolute Gasteiger partial charge is 0.481 e. The van der Waals surface area contributed by atoms with Gasteiger partial charge in [0.25, 0.3) is 0 Å². The van der Waals surface area contributed by atoms with Crippen LogP contribution < -0.4 is 0 Å². The van der Waals surface area contributed by atoms with Gasteiger partial charge in [-0.1, -0.05) is 6.92 Å². The number of methoxy groups -OCH3 is 1. The normalized spacial score (nSPS) is 9.83. The van der Waals surface area contributed by atoms with E-state index >= 15 is 0 Å². The Balaban J connectivity index is 2.70. The Morgan fingerprint density at radius 2 is 2.50 bits per heavy atom. The molecule has 4 heteroatoms. The van der Waals surface area contributed by atoms with Crippen molar-refractivity contribution in [3.63, 3.8) is 0 Å². The van der Waals surface area contributed by atoms with E-state index in [4.69, 9.17) is 10.1 Å². The zero-order valence-corrected chi connectivity index (χ0v) is 7.37. The van der Waals surface area contributed by atoms with Crippen LogP contribution in [-0.4, -0.2) is 22.8 Å². The quantitative estimate of drug-likeness (QED) is 0.544. The molecule has 0 atom stereocenters. The van der Waals surface area contributed by atoms with Crippen LogP contribution in [0.25, 0.3) is 0 Å². The number of nitrogens with zero attached hydrogens (tertiary/aromatic N) is 2. The number of ether oxygens (including phenoxy) is 1. The minimum absolute atomic E-state index is 0.164. The summed E-state index contributed by atoms with van der Waals surface area (Å²) in [5.41, 5.74) is 0.728. The molecule has 1 rings (SSSR count). The highest BCUT2D eigenvalue weighted by Gasteiger charge is 2.02. The van der Waals surface area contributed by atoms with Crippen LogP contribution in [0.5, 0.6) is 0 Å². The van der Waals surface area contributed by atoms with Crippen molar-refractivity contribution in [3.05, 3.63) is 18.0 Å². The van der Waals surface area contributed by atoms with E-state index < -0.39 is 0 Å². The Kier molecular flexibility index (Phi) is 2.85. The summed E-state index contributed by atoms with van der Waals surface area (Å²) in [7, 11) is 1.49. The molecule has 0 unspecified atom stereocenters. The van der Waals surface area contributed by atoms with Gasteiger partial charge in [-0.3, -0.25) is 10.1 Å². The van der Waals surface area contributed by atoms with E-state index in [1.807, 2.05) is 10.9 Å². The van der Waals surface area contributed by atoms with E-state index in [1.54, 1.807) is 6.20 Å². The Bertz CT molecular complexity index is 267. The highest BCUT2D eigenvalue weighted by Crippen LogP contribution is 1.99. The smallest absolute Gasteiger partial charge is 0.216 e. The maximum Gasteiger partial charge on any atom is 0.216 e. The van der Waals surface area contributed by atoms with Crippen LogP contribution in [0.3, 0.4) is 0 Å². The van der Waals surface area contributed by atoms with E-state index in [1.165, 1.54) is 7.11 Å². The predicted octanol–water partition coefficient (Wildman–Crippen LogP) is 1.26. The van der Waals surface area contributed by atoms with Gasteiger partial charge in [0.05, 0.1) is 18.9 Å². The number of hydrogen-bond acceptors (Lipinski definition) is 3. The molecule has 12 heavy (non-hydrogen) atoms. The van der Waals surface area contributed by atoms with Crippen LogP contribution in [0, 0.1) is 5.41 Å². The monoisotopic (exact) mass is 167 g/mol. The fraction of sp³-hybridized carbons (Fsp3) is 0.500. The van der Waals surface area contributed by atoms with Crippen molar-refractivity contribution in [1.82, 2.24) is 9.78 Å². The highest BCUT2D eigenvalue weighted by molar-refractivity contribution is 5.90. The molecule has 0 radical (unpaired) electrons. The molecular weight excluding hydrogens is 154 g/mol. The topological polar surface area (TPSA) is 50.9 Å². The lowest BCUT2D eigenvalue weighted by Crippen LogP contribution is -2.00. The minimum Gasteiger partial charge on any atom is -0.481 e. The summed E-state index contributed by atoms with van der Waals surface area (Å²) in [4.78, 5) is 0. The molecule has 0 saturated heterocycles. The predicted molar refractivity (Wildman–Crippen MR) is 46.4 cm³/mol.